The number of hydrogen-bond donors (Lipinski definition) is 2. The standard InChI is InChI=1S/C43H62NO8P/c1-3-5-6-7-8-9-10-11-12-13-14-15-25-32-42(46)49-35-40(52-41(45)4-2)36-51-53(47,48)50-34-33-44-43(37-26-19-16-20-27-37,38-28-21-17-22-29-38)39-30-23-18-24-31-39/h16-24,26-31,40,44H,3-15,25,32-36H2,1-2H3,(H,47,48)/t40-/m1/s1. The fourth-order valence-corrected chi connectivity index (χ4v) is 7.17. The molecule has 10 heteroatoms. The van der Waals surface area contributed by atoms with E-state index in [9.17, 15) is 19.0 Å². The maximum Gasteiger partial charge on any atom is 0.472 e. The van der Waals surface area contributed by atoms with E-state index in [1.165, 1.54) is 64.2 Å². The third-order valence-electron chi connectivity index (χ3n) is 9.29. The van der Waals surface area contributed by atoms with Gasteiger partial charge >= 0.3 is 19.8 Å². The molecule has 1 unspecified atom stereocenters. The maximum atomic E-state index is 12.9. The molecule has 0 radical (unpaired) electrons. The van der Waals surface area contributed by atoms with Crippen LogP contribution in [0.5, 0.6) is 0 Å². The monoisotopic (exact) mass is 751 g/mol. The summed E-state index contributed by atoms with van der Waals surface area (Å²) in [4.78, 5) is 35.0. The molecular formula is C43H62NO8P. The molecule has 53 heavy (non-hydrogen) atoms. The van der Waals surface area contributed by atoms with Gasteiger partial charge < -0.3 is 14.4 Å². The lowest BCUT2D eigenvalue weighted by molar-refractivity contribution is -0.161. The lowest BCUT2D eigenvalue weighted by atomic mass is 9.77. The molecular weight excluding hydrogens is 689 g/mol. The van der Waals surface area contributed by atoms with Crippen LogP contribution in [0.2, 0.25) is 0 Å². The van der Waals surface area contributed by atoms with Gasteiger partial charge in [-0.1, -0.05) is 182 Å². The van der Waals surface area contributed by atoms with Crippen LogP contribution in [0.3, 0.4) is 0 Å². The summed E-state index contributed by atoms with van der Waals surface area (Å²) < 4.78 is 34.2. The molecule has 0 saturated heterocycles. The Kier molecular flexibility index (Phi) is 21.3. The molecule has 3 rings (SSSR count). The highest BCUT2D eigenvalue weighted by molar-refractivity contribution is 7.47. The summed E-state index contributed by atoms with van der Waals surface area (Å²) in [6, 6.07) is 30.0. The molecule has 0 saturated carbocycles. The van der Waals surface area contributed by atoms with Crippen LogP contribution in [0.1, 0.15) is 127 Å². The van der Waals surface area contributed by atoms with Crippen LogP contribution < -0.4 is 5.32 Å². The Labute approximate surface area is 317 Å². The fourth-order valence-electron chi connectivity index (χ4n) is 6.42. The van der Waals surface area contributed by atoms with Crippen molar-refractivity contribution in [3.05, 3.63) is 108 Å². The van der Waals surface area contributed by atoms with Crippen molar-refractivity contribution in [3.8, 4) is 0 Å². The molecule has 292 valence electrons. The Morgan fingerprint density at radius 3 is 1.55 bits per heavy atom. The number of carbonyl (C=O) groups excluding carboxylic acids is 2. The first-order valence-corrected chi connectivity index (χ1v) is 21.2. The van der Waals surface area contributed by atoms with Crippen molar-refractivity contribution in [2.45, 2.75) is 122 Å². The summed E-state index contributed by atoms with van der Waals surface area (Å²) in [6.07, 6.45) is 15.1. The second-order valence-electron chi connectivity index (χ2n) is 13.5. The Balaban J connectivity index is 1.43. The number of unbranched alkanes of at least 4 members (excludes halogenated alkanes) is 12. The average molecular weight is 752 g/mol. The van der Waals surface area contributed by atoms with E-state index in [1.807, 2.05) is 91.0 Å². The van der Waals surface area contributed by atoms with Gasteiger partial charge in [-0.15, -0.1) is 0 Å². The highest BCUT2D eigenvalue weighted by Crippen LogP contribution is 2.43. The van der Waals surface area contributed by atoms with Gasteiger partial charge in [-0.05, 0) is 23.1 Å². The van der Waals surface area contributed by atoms with Gasteiger partial charge in [-0.2, -0.15) is 0 Å². The molecule has 0 fully saturated rings. The van der Waals surface area contributed by atoms with Gasteiger partial charge in [0.1, 0.15) is 6.61 Å². The fraction of sp³-hybridized carbons (Fsp3) is 0.535. The summed E-state index contributed by atoms with van der Waals surface area (Å²) in [7, 11) is -4.56. The Hall–Kier alpha value is -3.33. The Morgan fingerprint density at radius 2 is 1.09 bits per heavy atom. The second-order valence-corrected chi connectivity index (χ2v) is 15.0. The van der Waals surface area contributed by atoms with Crippen molar-refractivity contribution < 1.29 is 37.6 Å². The zero-order valence-corrected chi connectivity index (χ0v) is 32.8. The third-order valence-corrected chi connectivity index (χ3v) is 10.3. The SMILES string of the molecule is CCCCCCCCCCCCCCCC(=O)OC[C@H](COP(=O)(O)OCCNC(c1ccccc1)(c1ccccc1)c1ccccc1)OC(=O)CC. The van der Waals surface area contributed by atoms with E-state index in [0.717, 1.165) is 36.0 Å². The lowest BCUT2D eigenvalue weighted by Gasteiger charge is -2.37. The van der Waals surface area contributed by atoms with E-state index in [2.05, 4.69) is 12.2 Å². The van der Waals surface area contributed by atoms with Gasteiger partial charge in [0.05, 0.1) is 18.8 Å². The van der Waals surface area contributed by atoms with Crippen molar-refractivity contribution in [1.29, 1.82) is 0 Å². The number of esters is 2. The summed E-state index contributed by atoms with van der Waals surface area (Å²) in [5, 5.41) is 3.59. The van der Waals surface area contributed by atoms with E-state index < -0.39 is 38.0 Å². The molecule has 0 amide bonds. The first-order chi connectivity index (χ1) is 25.8. The summed E-state index contributed by atoms with van der Waals surface area (Å²) in [6.45, 7) is 3.16. The van der Waals surface area contributed by atoms with Gasteiger partial charge in [0.15, 0.2) is 6.10 Å². The predicted octanol–water partition coefficient (Wildman–Crippen LogP) is 10.0. The number of benzene rings is 3. The van der Waals surface area contributed by atoms with Crippen molar-refractivity contribution in [3.63, 3.8) is 0 Å². The van der Waals surface area contributed by atoms with Gasteiger partial charge in [0.2, 0.25) is 0 Å². The molecule has 0 bridgehead atoms. The zero-order valence-electron chi connectivity index (χ0n) is 31.9. The average Bonchev–Trinajstić information content (AvgIpc) is 3.18. The smallest absolute Gasteiger partial charge is 0.462 e. The maximum absolute atomic E-state index is 12.9. The minimum absolute atomic E-state index is 0.0916. The highest BCUT2D eigenvalue weighted by atomic mass is 31.2. The molecule has 0 aliphatic heterocycles. The number of phosphoric ester groups is 1. The van der Waals surface area contributed by atoms with Gasteiger partial charge in [-0.3, -0.25) is 24.0 Å². The van der Waals surface area contributed by atoms with E-state index in [1.54, 1.807) is 6.92 Å². The summed E-state index contributed by atoms with van der Waals surface area (Å²) in [5.74, 6) is -0.943. The van der Waals surface area contributed by atoms with E-state index in [-0.39, 0.29) is 32.6 Å². The minimum atomic E-state index is -4.56. The lowest BCUT2D eigenvalue weighted by Crippen LogP contribution is -2.46. The molecule has 0 aromatic heterocycles. The Morgan fingerprint density at radius 1 is 0.642 bits per heavy atom. The third kappa shape index (κ3) is 16.7. The van der Waals surface area contributed by atoms with Crippen molar-refractivity contribution in [2.75, 3.05) is 26.4 Å². The Bertz CT molecular complexity index is 1360. The van der Waals surface area contributed by atoms with Crippen molar-refractivity contribution in [1.82, 2.24) is 5.32 Å². The van der Waals surface area contributed by atoms with Crippen molar-refractivity contribution in [2.24, 2.45) is 0 Å². The number of hydrogen-bond acceptors (Lipinski definition) is 8. The minimum Gasteiger partial charge on any atom is -0.462 e. The van der Waals surface area contributed by atoms with Crippen LogP contribution in [0.15, 0.2) is 91.0 Å². The van der Waals surface area contributed by atoms with E-state index in [0.29, 0.717) is 0 Å². The molecule has 0 aliphatic carbocycles. The number of rotatable bonds is 29. The summed E-state index contributed by atoms with van der Waals surface area (Å²) in [5.41, 5.74) is 2.20. The topological polar surface area (TPSA) is 120 Å². The van der Waals surface area contributed by atoms with E-state index in [4.69, 9.17) is 18.5 Å². The quantitative estimate of drug-likeness (QED) is 0.0309. The molecule has 0 heterocycles. The van der Waals surface area contributed by atoms with Gasteiger partial charge in [0, 0.05) is 19.4 Å². The molecule has 2 atom stereocenters. The first-order valence-electron chi connectivity index (χ1n) is 19.7. The van der Waals surface area contributed by atoms with Gasteiger partial charge in [-0.25, -0.2) is 4.57 Å². The number of ether oxygens (including phenoxy) is 2. The normalized spacial score (nSPS) is 13.3. The molecule has 3 aromatic carbocycles. The number of carbonyl (C=O) groups is 2. The molecule has 2 N–H and O–H groups in total. The summed E-state index contributed by atoms with van der Waals surface area (Å²) >= 11 is 0. The number of nitrogens with one attached hydrogen (secondary N) is 1. The van der Waals surface area contributed by atoms with Crippen LogP contribution in [-0.2, 0) is 38.2 Å². The molecule has 0 aliphatic rings. The highest BCUT2D eigenvalue weighted by Gasteiger charge is 2.36. The van der Waals surface area contributed by atoms with Crippen molar-refractivity contribution >= 4 is 19.8 Å². The molecule has 9 nitrogen and oxygen atoms in total. The predicted molar refractivity (Wildman–Crippen MR) is 210 cm³/mol. The van der Waals surface area contributed by atoms with Crippen LogP contribution in [0.4, 0.5) is 0 Å². The van der Waals surface area contributed by atoms with Crippen LogP contribution in [0, 0.1) is 0 Å². The second kappa shape index (κ2) is 25.6. The van der Waals surface area contributed by atoms with Crippen LogP contribution in [0.25, 0.3) is 0 Å². The zero-order chi connectivity index (χ0) is 38.0. The van der Waals surface area contributed by atoms with Crippen LogP contribution in [-0.4, -0.2) is 49.3 Å². The number of phosphoric acid groups is 1. The van der Waals surface area contributed by atoms with Gasteiger partial charge in [0.25, 0.3) is 0 Å². The molecule has 0 spiro atoms. The molecule has 3 aromatic rings. The van der Waals surface area contributed by atoms with E-state index >= 15 is 0 Å². The first kappa shape index (κ1) is 44.1. The van der Waals surface area contributed by atoms with Crippen LogP contribution >= 0.6 is 7.82 Å². The largest absolute Gasteiger partial charge is 0.472 e.